The fraction of sp³-hybridized carbons (Fsp3) is 0.611. The van der Waals surface area contributed by atoms with E-state index in [0.717, 1.165) is 30.5 Å². The Labute approximate surface area is 140 Å². The number of hydrogen-bond acceptors (Lipinski definition) is 5. The van der Waals surface area contributed by atoms with Crippen molar-refractivity contribution in [1.82, 2.24) is 14.8 Å². The quantitative estimate of drug-likeness (QED) is 0.937. The lowest BCUT2D eigenvalue weighted by Gasteiger charge is -2.20. The topological polar surface area (TPSA) is 83.0 Å². The minimum atomic E-state index is -0.142. The van der Waals surface area contributed by atoms with Crippen LogP contribution in [0.5, 0.6) is 0 Å². The summed E-state index contributed by atoms with van der Waals surface area (Å²) in [6, 6.07) is 2.22. The molecule has 3 aliphatic rings. The molecule has 2 aromatic heterocycles. The third kappa shape index (κ3) is 2.32. The number of anilines is 1. The van der Waals surface area contributed by atoms with Crippen LogP contribution in [0.1, 0.15) is 66.4 Å². The van der Waals surface area contributed by atoms with Gasteiger partial charge in [-0.2, -0.15) is 4.68 Å². The van der Waals surface area contributed by atoms with Crippen molar-refractivity contribution in [2.45, 2.75) is 50.4 Å². The molecule has 3 heterocycles. The number of aromatic nitrogens is 3. The Morgan fingerprint density at radius 1 is 1.21 bits per heavy atom. The molecule has 5 rings (SSSR count). The van der Waals surface area contributed by atoms with Gasteiger partial charge >= 0.3 is 0 Å². The Morgan fingerprint density at radius 2 is 2.00 bits per heavy atom. The molecule has 1 saturated heterocycles. The monoisotopic (exact) mass is 326 g/mol. The van der Waals surface area contributed by atoms with E-state index in [1.807, 2.05) is 0 Å². The van der Waals surface area contributed by atoms with Gasteiger partial charge in [-0.3, -0.25) is 4.79 Å². The van der Waals surface area contributed by atoms with Crippen LogP contribution >= 0.6 is 0 Å². The average molecular weight is 326 g/mol. The van der Waals surface area contributed by atoms with Crippen molar-refractivity contribution in [2.75, 3.05) is 18.9 Å². The normalized spacial score (nSPS) is 24.4. The summed E-state index contributed by atoms with van der Waals surface area (Å²) in [5.41, 5.74) is 9.22. The minimum Gasteiger partial charge on any atom is -0.382 e. The molecule has 2 N–H and O–H groups in total. The van der Waals surface area contributed by atoms with Gasteiger partial charge in [0, 0.05) is 18.2 Å². The van der Waals surface area contributed by atoms with E-state index in [2.05, 4.69) is 11.2 Å². The number of fused-ring (bicyclic) bond motifs is 1. The lowest BCUT2D eigenvalue weighted by atomic mass is 10.0. The summed E-state index contributed by atoms with van der Waals surface area (Å²) in [4.78, 5) is 17.7. The lowest BCUT2D eigenvalue weighted by molar-refractivity contribution is 0.0395. The summed E-state index contributed by atoms with van der Waals surface area (Å²) in [5.74, 6) is 1.37. The van der Waals surface area contributed by atoms with Gasteiger partial charge in [0.2, 0.25) is 0 Å². The van der Waals surface area contributed by atoms with Crippen molar-refractivity contribution in [2.24, 2.45) is 5.92 Å². The van der Waals surface area contributed by atoms with Crippen LogP contribution in [0, 0.1) is 5.92 Å². The van der Waals surface area contributed by atoms with E-state index >= 15 is 0 Å². The van der Waals surface area contributed by atoms with Crippen molar-refractivity contribution in [3.05, 3.63) is 17.3 Å². The maximum Gasteiger partial charge on any atom is 0.254 e. The van der Waals surface area contributed by atoms with Gasteiger partial charge in [0.1, 0.15) is 0 Å². The second-order valence-electron chi connectivity index (χ2n) is 7.43. The number of hydrogen-bond donors (Lipinski definition) is 1. The maximum absolute atomic E-state index is 12.9. The summed E-state index contributed by atoms with van der Waals surface area (Å²) >= 11 is 0. The molecule has 0 bridgehead atoms. The molecule has 1 aliphatic heterocycles. The molecule has 3 fully saturated rings. The third-order valence-corrected chi connectivity index (χ3v) is 5.45. The number of ether oxygens (including phenoxy) is 1. The average Bonchev–Trinajstić information content (AvgIpc) is 3.52. The second kappa shape index (κ2) is 5.28. The highest BCUT2D eigenvalue weighted by Crippen LogP contribution is 2.47. The first-order valence-corrected chi connectivity index (χ1v) is 9.03. The Balaban J connectivity index is 1.64. The van der Waals surface area contributed by atoms with Crippen molar-refractivity contribution in [3.8, 4) is 0 Å². The molecule has 0 radical (unpaired) electrons. The van der Waals surface area contributed by atoms with E-state index in [4.69, 9.17) is 15.5 Å². The first-order valence-electron chi connectivity index (χ1n) is 9.03. The van der Waals surface area contributed by atoms with Crippen molar-refractivity contribution < 1.29 is 9.53 Å². The fourth-order valence-corrected chi connectivity index (χ4v) is 3.76. The number of nitrogen functional groups attached to an aromatic ring is 1. The summed E-state index contributed by atoms with van der Waals surface area (Å²) in [5, 5.41) is 5.28. The highest BCUT2D eigenvalue weighted by atomic mass is 16.5. The van der Waals surface area contributed by atoms with Crippen LogP contribution in [0.4, 0.5) is 5.82 Å². The smallest absolute Gasteiger partial charge is 0.254 e. The SMILES string of the molecule is Nc1nn(C(=O)C2CCCOC2)c2nc(C3CC3)cc(C3CC3)c12. The van der Waals surface area contributed by atoms with E-state index in [0.29, 0.717) is 29.9 Å². The molecule has 6 heteroatoms. The zero-order chi connectivity index (χ0) is 16.3. The molecule has 1 unspecified atom stereocenters. The van der Waals surface area contributed by atoms with Gasteiger partial charge in [-0.15, -0.1) is 5.10 Å². The number of carbonyl (C=O) groups excluding carboxylic acids is 1. The Bertz CT molecular complexity index is 814. The molecule has 0 amide bonds. The molecule has 2 saturated carbocycles. The van der Waals surface area contributed by atoms with Crippen molar-refractivity contribution >= 4 is 22.8 Å². The highest BCUT2D eigenvalue weighted by Gasteiger charge is 2.34. The van der Waals surface area contributed by atoms with Crippen LogP contribution in [0.15, 0.2) is 6.07 Å². The second-order valence-corrected chi connectivity index (χ2v) is 7.43. The zero-order valence-electron chi connectivity index (χ0n) is 13.7. The minimum absolute atomic E-state index is 0.0291. The van der Waals surface area contributed by atoms with E-state index in [1.54, 1.807) is 0 Å². The molecule has 126 valence electrons. The Morgan fingerprint density at radius 3 is 2.67 bits per heavy atom. The number of carbonyl (C=O) groups is 1. The molecule has 2 aliphatic carbocycles. The first kappa shape index (κ1) is 14.4. The van der Waals surface area contributed by atoms with Gasteiger partial charge < -0.3 is 10.5 Å². The van der Waals surface area contributed by atoms with E-state index < -0.39 is 0 Å². The van der Waals surface area contributed by atoms with Crippen LogP contribution in [0.25, 0.3) is 11.0 Å². The molecule has 1 atom stereocenters. The summed E-state index contributed by atoms with van der Waals surface area (Å²) in [6.45, 7) is 1.21. The number of rotatable bonds is 3. The molecule has 2 aromatic rings. The van der Waals surface area contributed by atoms with Crippen molar-refractivity contribution in [3.63, 3.8) is 0 Å². The largest absolute Gasteiger partial charge is 0.382 e. The highest BCUT2D eigenvalue weighted by molar-refractivity contribution is 5.97. The molecule has 6 nitrogen and oxygen atoms in total. The fourth-order valence-electron chi connectivity index (χ4n) is 3.76. The molecular weight excluding hydrogens is 304 g/mol. The predicted molar refractivity (Wildman–Crippen MR) is 90.1 cm³/mol. The zero-order valence-corrected chi connectivity index (χ0v) is 13.7. The Hall–Kier alpha value is -1.95. The maximum atomic E-state index is 12.9. The van der Waals surface area contributed by atoms with Crippen LogP contribution in [0.3, 0.4) is 0 Å². The first-order chi connectivity index (χ1) is 11.7. The predicted octanol–water partition coefficient (Wildman–Crippen LogP) is 2.84. The van der Waals surface area contributed by atoms with E-state index in [9.17, 15) is 4.79 Å². The van der Waals surface area contributed by atoms with Crippen LogP contribution in [0.2, 0.25) is 0 Å². The van der Waals surface area contributed by atoms with Crippen LogP contribution in [-0.2, 0) is 4.74 Å². The Kier molecular flexibility index (Phi) is 3.16. The summed E-state index contributed by atoms with van der Waals surface area (Å²) in [6.07, 6.45) is 6.53. The standard InChI is InChI=1S/C18H22N4O2/c19-16-15-13(10-3-4-10)8-14(11-5-6-11)20-17(15)22(21-16)18(23)12-2-1-7-24-9-12/h8,10-12H,1-7,9H2,(H2,19,21). The van der Waals surface area contributed by atoms with E-state index in [1.165, 1.54) is 35.9 Å². The van der Waals surface area contributed by atoms with Crippen molar-refractivity contribution in [1.29, 1.82) is 0 Å². The molecule has 0 aromatic carbocycles. The molecule has 24 heavy (non-hydrogen) atoms. The van der Waals surface area contributed by atoms with Gasteiger partial charge in [-0.1, -0.05) is 0 Å². The number of nitrogens with zero attached hydrogens (tertiary/aromatic N) is 3. The molecule has 0 spiro atoms. The van der Waals surface area contributed by atoms with E-state index in [-0.39, 0.29) is 11.8 Å². The van der Waals surface area contributed by atoms with Gasteiger partial charge in [-0.25, -0.2) is 4.98 Å². The van der Waals surface area contributed by atoms with Crippen LogP contribution < -0.4 is 5.73 Å². The number of nitrogens with two attached hydrogens (primary N) is 1. The molecular formula is C18H22N4O2. The number of pyridine rings is 1. The van der Waals surface area contributed by atoms with Gasteiger partial charge in [0.05, 0.1) is 17.9 Å². The summed E-state index contributed by atoms with van der Waals surface area (Å²) < 4.78 is 6.93. The summed E-state index contributed by atoms with van der Waals surface area (Å²) in [7, 11) is 0. The van der Waals surface area contributed by atoms with Crippen LogP contribution in [-0.4, -0.2) is 33.9 Å². The van der Waals surface area contributed by atoms with Gasteiger partial charge in [-0.05, 0) is 56.1 Å². The lowest BCUT2D eigenvalue weighted by Crippen LogP contribution is -2.30. The van der Waals surface area contributed by atoms with Gasteiger partial charge in [0.15, 0.2) is 11.5 Å². The third-order valence-electron chi connectivity index (χ3n) is 5.45. The van der Waals surface area contributed by atoms with Gasteiger partial charge in [0.25, 0.3) is 5.91 Å².